The first-order valence-electron chi connectivity index (χ1n) is 7.03. The van der Waals surface area contributed by atoms with Crippen molar-refractivity contribution in [3.8, 4) is 11.3 Å². The van der Waals surface area contributed by atoms with E-state index in [1.165, 1.54) is 0 Å². The minimum atomic E-state index is -0.0503. The number of fused-ring (bicyclic) bond motifs is 1. The molecule has 1 heterocycles. The molecule has 23 heavy (non-hydrogen) atoms. The van der Waals surface area contributed by atoms with Crippen molar-refractivity contribution in [3.05, 3.63) is 63.6 Å². The van der Waals surface area contributed by atoms with Gasteiger partial charge in [0, 0.05) is 34.5 Å². The van der Waals surface area contributed by atoms with Crippen molar-refractivity contribution in [1.29, 1.82) is 0 Å². The molecule has 0 unspecified atom stereocenters. The summed E-state index contributed by atoms with van der Waals surface area (Å²) in [4.78, 5) is 18.8. The van der Waals surface area contributed by atoms with Gasteiger partial charge in [0.05, 0.1) is 16.8 Å². The zero-order valence-electron chi connectivity index (χ0n) is 12.7. The maximum Gasteiger partial charge on any atom is 0.254 e. The van der Waals surface area contributed by atoms with Crippen LogP contribution in [0.4, 0.5) is 0 Å². The Morgan fingerprint density at radius 2 is 1.78 bits per heavy atom. The number of carbonyl (C=O) groups is 1. The Morgan fingerprint density at radius 1 is 1.09 bits per heavy atom. The SMILES string of the molecule is CN(C)C(=O)c1cc(-c2ccc(Cl)cc2)nc2ccc(Br)cc12. The number of aromatic nitrogens is 1. The lowest BCUT2D eigenvalue weighted by molar-refractivity contribution is 0.0829. The standard InChI is InChI=1S/C18H14BrClN2O/c1-22(2)18(23)15-10-17(11-3-6-13(20)7-4-11)21-16-8-5-12(19)9-14(15)16/h3-10H,1-2H3. The van der Waals surface area contributed by atoms with Crippen molar-refractivity contribution in [3.63, 3.8) is 0 Å². The highest BCUT2D eigenvalue weighted by molar-refractivity contribution is 9.10. The van der Waals surface area contributed by atoms with Gasteiger partial charge in [-0.1, -0.05) is 39.7 Å². The second kappa shape index (κ2) is 6.30. The largest absolute Gasteiger partial charge is 0.345 e. The van der Waals surface area contributed by atoms with Gasteiger partial charge in [-0.3, -0.25) is 4.79 Å². The quantitative estimate of drug-likeness (QED) is 0.616. The predicted octanol–water partition coefficient (Wildman–Crippen LogP) is 5.02. The predicted molar refractivity (Wildman–Crippen MR) is 97.9 cm³/mol. The number of carbonyl (C=O) groups excluding carboxylic acids is 1. The van der Waals surface area contributed by atoms with E-state index < -0.39 is 0 Å². The molecule has 0 spiro atoms. The van der Waals surface area contributed by atoms with Crippen molar-refractivity contribution in [1.82, 2.24) is 9.88 Å². The lowest BCUT2D eigenvalue weighted by Gasteiger charge is -2.14. The van der Waals surface area contributed by atoms with Gasteiger partial charge in [0.2, 0.25) is 0 Å². The molecule has 0 radical (unpaired) electrons. The lowest BCUT2D eigenvalue weighted by atomic mass is 10.0. The number of halogens is 2. The Kier molecular flexibility index (Phi) is 4.37. The lowest BCUT2D eigenvalue weighted by Crippen LogP contribution is -2.22. The molecule has 0 aliphatic heterocycles. The molecule has 3 nitrogen and oxygen atoms in total. The van der Waals surface area contributed by atoms with E-state index in [1.54, 1.807) is 19.0 Å². The number of benzene rings is 2. The summed E-state index contributed by atoms with van der Waals surface area (Å²) in [5.41, 5.74) is 3.09. The number of pyridine rings is 1. The molecule has 116 valence electrons. The highest BCUT2D eigenvalue weighted by Crippen LogP contribution is 2.28. The van der Waals surface area contributed by atoms with E-state index in [2.05, 4.69) is 20.9 Å². The van der Waals surface area contributed by atoms with E-state index in [-0.39, 0.29) is 5.91 Å². The van der Waals surface area contributed by atoms with Crippen LogP contribution in [0.3, 0.4) is 0 Å². The summed E-state index contributed by atoms with van der Waals surface area (Å²) in [6, 6.07) is 15.0. The van der Waals surface area contributed by atoms with E-state index >= 15 is 0 Å². The molecule has 0 bridgehead atoms. The average molecular weight is 390 g/mol. The normalized spacial score (nSPS) is 10.8. The fourth-order valence-electron chi connectivity index (χ4n) is 2.38. The van der Waals surface area contributed by atoms with Crippen LogP contribution in [0.15, 0.2) is 53.0 Å². The average Bonchev–Trinajstić information content (AvgIpc) is 2.54. The summed E-state index contributed by atoms with van der Waals surface area (Å²) < 4.78 is 0.916. The highest BCUT2D eigenvalue weighted by atomic mass is 79.9. The van der Waals surface area contributed by atoms with Gasteiger partial charge in [0.1, 0.15) is 0 Å². The number of nitrogens with zero attached hydrogens (tertiary/aromatic N) is 2. The molecule has 1 aromatic heterocycles. The topological polar surface area (TPSA) is 33.2 Å². The van der Waals surface area contributed by atoms with Gasteiger partial charge in [0.15, 0.2) is 0 Å². The molecule has 0 atom stereocenters. The molecule has 2 aromatic carbocycles. The fraction of sp³-hybridized carbons (Fsp3) is 0.111. The maximum atomic E-state index is 12.6. The summed E-state index contributed by atoms with van der Waals surface area (Å²) in [6.45, 7) is 0. The Bertz CT molecular complexity index is 891. The molecule has 0 aliphatic carbocycles. The molecule has 3 rings (SSSR count). The second-order valence-corrected chi connectivity index (χ2v) is 6.78. The van der Waals surface area contributed by atoms with E-state index in [1.807, 2.05) is 48.5 Å². The molecule has 3 aromatic rings. The fourth-order valence-corrected chi connectivity index (χ4v) is 2.87. The van der Waals surface area contributed by atoms with Crippen LogP contribution in [-0.4, -0.2) is 29.9 Å². The molecule has 0 saturated carbocycles. The second-order valence-electron chi connectivity index (χ2n) is 5.42. The van der Waals surface area contributed by atoms with E-state index in [4.69, 9.17) is 11.6 Å². The highest BCUT2D eigenvalue weighted by Gasteiger charge is 2.15. The first kappa shape index (κ1) is 16.0. The Labute approximate surface area is 148 Å². The third kappa shape index (κ3) is 3.23. The van der Waals surface area contributed by atoms with Gasteiger partial charge in [-0.15, -0.1) is 0 Å². The van der Waals surface area contributed by atoms with Crippen molar-refractivity contribution >= 4 is 44.3 Å². The third-order valence-corrected chi connectivity index (χ3v) is 4.29. The van der Waals surface area contributed by atoms with Crippen LogP contribution in [0.2, 0.25) is 5.02 Å². The van der Waals surface area contributed by atoms with Crippen molar-refractivity contribution in [2.45, 2.75) is 0 Å². The summed E-state index contributed by atoms with van der Waals surface area (Å²) in [5, 5.41) is 1.50. The minimum Gasteiger partial charge on any atom is -0.345 e. The van der Waals surface area contributed by atoms with Gasteiger partial charge in [0.25, 0.3) is 5.91 Å². The van der Waals surface area contributed by atoms with Gasteiger partial charge in [-0.25, -0.2) is 4.98 Å². The molecule has 0 aliphatic rings. The van der Waals surface area contributed by atoms with E-state index in [0.717, 1.165) is 26.6 Å². The van der Waals surface area contributed by atoms with E-state index in [0.29, 0.717) is 10.6 Å². The molecule has 0 saturated heterocycles. The molecule has 0 N–H and O–H groups in total. The van der Waals surface area contributed by atoms with Gasteiger partial charge in [-0.2, -0.15) is 0 Å². The third-order valence-electron chi connectivity index (χ3n) is 3.55. The first-order chi connectivity index (χ1) is 11.0. The smallest absolute Gasteiger partial charge is 0.254 e. The van der Waals surface area contributed by atoms with Crippen LogP contribution in [0.25, 0.3) is 22.2 Å². The van der Waals surface area contributed by atoms with Crippen LogP contribution >= 0.6 is 27.5 Å². The first-order valence-corrected chi connectivity index (χ1v) is 8.21. The molecule has 1 amide bonds. The maximum absolute atomic E-state index is 12.6. The van der Waals surface area contributed by atoms with E-state index in [9.17, 15) is 4.79 Å². The van der Waals surface area contributed by atoms with Gasteiger partial charge < -0.3 is 4.90 Å². The van der Waals surface area contributed by atoms with Gasteiger partial charge >= 0.3 is 0 Å². The van der Waals surface area contributed by atoms with Crippen LogP contribution in [0.1, 0.15) is 10.4 Å². The summed E-state index contributed by atoms with van der Waals surface area (Å²) in [7, 11) is 3.49. The number of rotatable bonds is 2. The van der Waals surface area contributed by atoms with Crippen LogP contribution < -0.4 is 0 Å². The zero-order chi connectivity index (χ0) is 16.6. The Hall–Kier alpha value is -1.91. The van der Waals surface area contributed by atoms with Crippen LogP contribution in [0.5, 0.6) is 0 Å². The zero-order valence-corrected chi connectivity index (χ0v) is 15.0. The van der Waals surface area contributed by atoms with Gasteiger partial charge in [-0.05, 0) is 36.4 Å². The number of hydrogen-bond acceptors (Lipinski definition) is 2. The van der Waals surface area contributed by atoms with Crippen molar-refractivity contribution < 1.29 is 4.79 Å². The molecular weight excluding hydrogens is 376 g/mol. The summed E-state index contributed by atoms with van der Waals surface area (Å²) in [6.07, 6.45) is 0. The van der Waals surface area contributed by atoms with Crippen molar-refractivity contribution in [2.75, 3.05) is 14.1 Å². The Balaban J connectivity index is 2.27. The summed E-state index contributed by atoms with van der Waals surface area (Å²) in [5.74, 6) is -0.0503. The Morgan fingerprint density at radius 3 is 2.43 bits per heavy atom. The molecule has 0 fully saturated rings. The van der Waals surface area contributed by atoms with Crippen LogP contribution in [0, 0.1) is 0 Å². The number of amides is 1. The summed E-state index contributed by atoms with van der Waals surface area (Å²) >= 11 is 9.41. The van der Waals surface area contributed by atoms with Crippen molar-refractivity contribution in [2.24, 2.45) is 0 Å². The monoisotopic (exact) mass is 388 g/mol. The minimum absolute atomic E-state index is 0.0503. The molecular formula is C18H14BrClN2O. The molecule has 5 heteroatoms. The van der Waals surface area contributed by atoms with Crippen LogP contribution in [-0.2, 0) is 0 Å². The number of hydrogen-bond donors (Lipinski definition) is 0.